The summed E-state index contributed by atoms with van der Waals surface area (Å²) in [5.74, 6) is 0.783. The van der Waals surface area contributed by atoms with Crippen molar-refractivity contribution >= 4 is 0 Å². The molecule has 0 aromatic heterocycles. The second-order valence-electron chi connectivity index (χ2n) is 3.90. The molecular formula is C9H20N2. The van der Waals surface area contributed by atoms with Crippen molar-refractivity contribution in [1.29, 1.82) is 0 Å². The molecule has 0 amide bonds. The van der Waals surface area contributed by atoms with E-state index in [9.17, 15) is 0 Å². The van der Waals surface area contributed by atoms with E-state index in [1.807, 2.05) is 0 Å². The minimum atomic E-state index is 0.626. The number of rotatable bonds is 2. The van der Waals surface area contributed by atoms with Gasteiger partial charge in [0.25, 0.3) is 0 Å². The highest BCUT2D eigenvalue weighted by molar-refractivity contribution is 4.81. The molecule has 66 valence electrons. The Bertz CT molecular complexity index is 112. The third-order valence-corrected chi connectivity index (χ3v) is 2.33. The summed E-state index contributed by atoms with van der Waals surface area (Å²) in [7, 11) is 0. The van der Waals surface area contributed by atoms with Gasteiger partial charge in [0.2, 0.25) is 0 Å². The van der Waals surface area contributed by atoms with Gasteiger partial charge in [-0.25, -0.2) is 0 Å². The molecule has 1 saturated heterocycles. The number of piperidine rings is 1. The molecule has 2 N–H and O–H groups in total. The van der Waals surface area contributed by atoms with Gasteiger partial charge in [0, 0.05) is 12.1 Å². The zero-order valence-electron chi connectivity index (χ0n) is 7.85. The lowest BCUT2D eigenvalue weighted by Crippen LogP contribution is -2.48. The summed E-state index contributed by atoms with van der Waals surface area (Å²) in [5, 5.41) is 6.99. The molecule has 1 heterocycles. The average molecular weight is 156 g/mol. The molecule has 0 aliphatic carbocycles. The second kappa shape index (κ2) is 4.07. The van der Waals surface area contributed by atoms with E-state index in [0.29, 0.717) is 6.04 Å². The van der Waals surface area contributed by atoms with Crippen LogP contribution in [0.3, 0.4) is 0 Å². The molecule has 0 unspecified atom stereocenters. The van der Waals surface area contributed by atoms with E-state index in [-0.39, 0.29) is 0 Å². The quantitative estimate of drug-likeness (QED) is 0.623. The van der Waals surface area contributed by atoms with E-state index in [4.69, 9.17) is 0 Å². The Hall–Kier alpha value is -0.0800. The highest BCUT2D eigenvalue weighted by Crippen LogP contribution is 2.10. The molecule has 0 aromatic carbocycles. The number of hydrogen-bond donors (Lipinski definition) is 2. The van der Waals surface area contributed by atoms with Crippen molar-refractivity contribution in [1.82, 2.24) is 10.6 Å². The van der Waals surface area contributed by atoms with Gasteiger partial charge in [-0.15, -0.1) is 0 Å². The molecule has 2 atom stereocenters. The van der Waals surface area contributed by atoms with Crippen molar-refractivity contribution in [2.24, 2.45) is 5.92 Å². The Morgan fingerprint density at radius 2 is 2.18 bits per heavy atom. The van der Waals surface area contributed by atoms with Crippen LogP contribution in [0.15, 0.2) is 0 Å². The molecule has 11 heavy (non-hydrogen) atoms. The number of nitrogens with one attached hydrogen (secondary N) is 2. The van der Waals surface area contributed by atoms with Gasteiger partial charge in [0.05, 0.1) is 0 Å². The molecule has 2 heteroatoms. The van der Waals surface area contributed by atoms with E-state index in [1.54, 1.807) is 0 Å². The number of hydrogen-bond acceptors (Lipinski definition) is 2. The van der Waals surface area contributed by atoms with Crippen LogP contribution < -0.4 is 10.6 Å². The van der Waals surface area contributed by atoms with E-state index in [2.05, 4.69) is 31.4 Å². The first-order valence-corrected chi connectivity index (χ1v) is 4.67. The smallest absolute Gasteiger partial charge is 0.0119 e. The Kier molecular flexibility index (Phi) is 3.34. The Balaban J connectivity index is 2.29. The van der Waals surface area contributed by atoms with Crippen molar-refractivity contribution in [3.63, 3.8) is 0 Å². The zero-order chi connectivity index (χ0) is 8.27. The zero-order valence-corrected chi connectivity index (χ0v) is 7.85. The molecule has 2 nitrogen and oxygen atoms in total. The molecule has 0 spiro atoms. The fourth-order valence-corrected chi connectivity index (χ4v) is 1.69. The minimum absolute atomic E-state index is 0.626. The van der Waals surface area contributed by atoms with Crippen molar-refractivity contribution < 1.29 is 0 Å². The highest BCUT2D eigenvalue weighted by atomic mass is 15.0. The van der Waals surface area contributed by atoms with Crippen LogP contribution in [-0.2, 0) is 0 Å². The van der Waals surface area contributed by atoms with E-state index in [0.717, 1.165) is 12.0 Å². The molecule has 0 saturated carbocycles. The Morgan fingerprint density at radius 1 is 1.45 bits per heavy atom. The topological polar surface area (TPSA) is 24.1 Å². The van der Waals surface area contributed by atoms with Gasteiger partial charge < -0.3 is 10.6 Å². The Morgan fingerprint density at radius 3 is 2.73 bits per heavy atom. The van der Waals surface area contributed by atoms with Crippen LogP contribution in [-0.4, -0.2) is 25.2 Å². The summed E-state index contributed by atoms with van der Waals surface area (Å²) in [5.41, 5.74) is 0. The largest absolute Gasteiger partial charge is 0.316 e. The lowest BCUT2D eigenvalue weighted by molar-refractivity contribution is 0.282. The van der Waals surface area contributed by atoms with Crippen molar-refractivity contribution in [2.75, 3.05) is 13.1 Å². The first-order chi connectivity index (χ1) is 5.20. The monoisotopic (exact) mass is 156 g/mol. The van der Waals surface area contributed by atoms with Gasteiger partial charge >= 0.3 is 0 Å². The lowest BCUT2D eigenvalue weighted by atomic mass is 9.95. The minimum Gasteiger partial charge on any atom is -0.316 e. The molecule has 1 rings (SSSR count). The molecule has 1 aliphatic rings. The van der Waals surface area contributed by atoms with E-state index >= 15 is 0 Å². The first-order valence-electron chi connectivity index (χ1n) is 4.67. The summed E-state index contributed by atoms with van der Waals surface area (Å²) >= 11 is 0. The average Bonchev–Trinajstić information content (AvgIpc) is 1.93. The maximum Gasteiger partial charge on any atom is 0.0119 e. The maximum atomic E-state index is 3.59. The van der Waals surface area contributed by atoms with Crippen molar-refractivity contribution in [3.05, 3.63) is 0 Å². The second-order valence-corrected chi connectivity index (χ2v) is 3.90. The van der Waals surface area contributed by atoms with Crippen molar-refractivity contribution in [3.8, 4) is 0 Å². The molecule has 0 aromatic rings. The van der Waals surface area contributed by atoms with Crippen LogP contribution in [0.5, 0.6) is 0 Å². The van der Waals surface area contributed by atoms with Crippen LogP contribution in [0.1, 0.15) is 27.2 Å². The molecule has 0 radical (unpaired) electrons. The highest BCUT2D eigenvalue weighted by Gasteiger charge is 2.20. The van der Waals surface area contributed by atoms with Crippen LogP contribution >= 0.6 is 0 Å². The normalized spacial score (nSPS) is 32.7. The van der Waals surface area contributed by atoms with Crippen LogP contribution in [0.25, 0.3) is 0 Å². The predicted molar refractivity (Wildman–Crippen MR) is 48.7 cm³/mol. The molecule has 1 fully saturated rings. The first kappa shape index (κ1) is 9.01. The van der Waals surface area contributed by atoms with Crippen LogP contribution in [0.2, 0.25) is 0 Å². The molecule has 1 aliphatic heterocycles. The summed E-state index contributed by atoms with van der Waals surface area (Å²) in [4.78, 5) is 0. The maximum absolute atomic E-state index is 3.59. The fraction of sp³-hybridized carbons (Fsp3) is 1.00. The SMILES string of the molecule is CC(C)N[C@H]1CCNC[C@H]1C. The summed E-state index contributed by atoms with van der Waals surface area (Å²) in [6, 6.07) is 1.36. The van der Waals surface area contributed by atoms with Crippen LogP contribution in [0, 0.1) is 5.92 Å². The standard InChI is InChI=1S/C9H20N2/c1-7(2)11-9-4-5-10-6-8(9)3/h7-11H,4-6H2,1-3H3/t8-,9+/m1/s1. The Labute approximate surface area is 69.8 Å². The van der Waals surface area contributed by atoms with E-state index in [1.165, 1.54) is 19.5 Å². The molecule has 0 bridgehead atoms. The van der Waals surface area contributed by atoms with Gasteiger partial charge in [0.1, 0.15) is 0 Å². The van der Waals surface area contributed by atoms with Crippen LogP contribution in [0.4, 0.5) is 0 Å². The predicted octanol–water partition coefficient (Wildman–Crippen LogP) is 0.982. The van der Waals surface area contributed by atoms with Gasteiger partial charge in [-0.05, 0) is 25.4 Å². The van der Waals surface area contributed by atoms with Gasteiger partial charge in [-0.1, -0.05) is 20.8 Å². The third-order valence-electron chi connectivity index (χ3n) is 2.33. The summed E-state index contributed by atoms with van der Waals surface area (Å²) in [6.45, 7) is 9.09. The van der Waals surface area contributed by atoms with Crippen molar-refractivity contribution in [2.45, 2.75) is 39.3 Å². The lowest BCUT2D eigenvalue weighted by Gasteiger charge is -2.31. The van der Waals surface area contributed by atoms with Gasteiger partial charge in [-0.3, -0.25) is 0 Å². The molecular weight excluding hydrogens is 136 g/mol. The van der Waals surface area contributed by atoms with Gasteiger partial charge in [-0.2, -0.15) is 0 Å². The third kappa shape index (κ3) is 2.80. The fourth-order valence-electron chi connectivity index (χ4n) is 1.69. The van der Waals surface area contributed by atoms with Gasteiger partial charge in [0.15, 0.2) is 0 Å². The van der Waals surface area contributed by atoms with E-state index < -0.39 is 0 Å². The summed E-state index contributed by atoms with van der Waals surface area (Å²) in [6.07, 6.45) is 1.28. The summed E-state index contributed by atoms with van der Waals surface area (Å²) < 4.78 is 0.